The molecule has 0 bridgehead atoms. The lowest BCUT2D eigenvalue weighted by Gasteiger charge is -2.31. The first-order valence-corrected chi connectivity index (χ1v) is 13.5. The lowest BCUT2D eigenvalue weighted by Crippen LogP contribution is -2.50. The van der Waals surface area contributed by atoms with E-state index >= 15 is 0 Å². The molecule has 0 aromatic heterocycles. The van der Waals surface area contributed by atoms with E-state index in [0.717, 1.165) is 4.31 Å². The zero-order valence-corrected chi connectivity index (χ0v) is 22.5. The number of anilines is 1. The Morgan fingerprint density at radius 1 is 1.00 bits per heavy atom. The molecule has 0 aliphatic rings. The second kappa shape index (κ2) is 12.6. The van der Waals surface area contributed by atoms with Crippen molar-refractivity contribution in [1.29, 1.82) is 0 Å². The Morgan fingerprint density at radius 3 is 2.27 bits per heavy atom. The maximum absolute atomic E-state index is 13.7. The number of ether oxygens (including phenoxy) is 1. The predicted octanol–water partition coefficient (Wildman–Crippen LogP) is 4.10. The van der Waals surface area contributed by atoms with Gasteiger partial charge >= 0.3 is 0 Å². The van der Waals surface area contributed by atoms with Crippen molar-refractivity contribution in [3.05, 3.63) is 89.4 Å². The maximum Gasteiger partial charge on any atom is 0.264 e. The molecule has 0 aliphatic heterocycles. The fourth-order valence-electron chi connectivity index (χ4n) is 3.75. The first-order chi connectivity index (χ1) is 17.7. The number of carbonyl (C=O) groups is 2. The Morgan fingerprint density at radius 2 is 1.68 bits per heavy atom. The van der Waals surface area contributed by atoms with Crippen molar-refractivity contribution >= 4 is 39.1 Å². The van der Waals surface area contributed by atoms with E-state index < -0.39 is 28.5 Å². The van der Waals surface area contributed by atoms with Crippen LogP contribution in [0.4, 0.5) is 5.69 Å². The summed E-state index contributed by atoms with van der Waals surface area (Å²) in [7, 11) is -2.64. The lowest BCUT2D eigenvalue weighted by atomic mass is 10.1. The first kappa shape index (κ1) is 28.0. The summed E-state index contributed by atoms with van der Waals surface area (Å²) < 4.78 is 33.9. The van der Waals surface area contributed by atoms with E-state index in [1.54, 1.807) is 73.7 Å². The molecule has 0 aliphatic carbocycles. The minimum atomic E-state index is -4.12. The van der Waals surface area contributed by atoms with E-state index in [0.29, 0.717) is 22.9 Å². The van der Waals surface area contributed by atoms with Crippen LogP contribution in [0.1, 0.15) is 19.4 Å². The minimum Gasteiger partial charge on any atom is -0.494 e. The number of hydrogen-bond donors (Lipinski definition) is 1. The normalized spacial score (nSPS) is 11.9. The fraction of sp³-hybridized carbons (Fsp3) is 0.259. The van der Waals surface area contributed by atoms with Gasteiger partial charge in [0, 0.05) is 18.6 Å². The third-order valence-electron chi connectivity index (χ3n) is 5.70. The van der Waals surface area contributed by atoms with Gasteiger partial charge in [0.15, 0.2) is 0 Å². The molecule has 0 unspecified atom stereocenters. The Labute approximate surface area is 222 Å². The van der Waals surface area contributed by atoms with Crippen LogP contribution in [0.25, 0.3) is 0 Å². The number of nitrogens with one attached hydrogen (secondary N) is 1. The highest BCUT2D eigenvalue weighted by Crippen LogP contribution is 2.26. The van der Waals surface area contributed by atoms with Crippen LogP contribution in [0, 0.1) is 0 Å². The highest BCUT2D eigenvalue weighted by atomic mass is 35.5. The zero-order chi connectivity index (χ0) is 27.0. The van der Waals surface area contributed by atoms with Crippen LogP contribution in [0.5, 0.6) is 5.75 Å². The number of rotatable bonds is 11. The Balaban J connectivity index is 2.01. The zero-order valence-electron chi connectivity index (χ0n) is 20.9. The Bertz CT molecular complexity index is 1320. The number of sulfonamides is 1. The van der Waals surface area contributed by atoms with Gasteiger partial charge in [0.25, 0.3) is 10.0 Å². The quantitative estimate of drug-likeness (QED) is 0.393. The van der Waals surface area contributed by atoms with Gasteiger partial charge in [-0.15, -0.1) is 0 Å². The van der Waals surface area contributed by atoms with Crippen molar-refractivity contribution in [3.63, 3.8) is 0 Å². The van der Waals surface area contributed by atoms with Crippen LogP contribution in [-0.2, 0) is 26.2 Å². The maximum atomic E-state index is 13.7. The third-order valence-corrected chi connectivity index (χ3v) is 7.72. The molecule has 8 nitrogen and oxygen atoms in total. The topological polar surface area (TPSA) is 96.0 Å². The molecule has 196 valence electrons. The highest BCUT2D eigenvalue weighted by Gasteiger charge is 2.32. The lowest BCUT2D eigenvalue weighted by molar-refractivity contribution is -0.139. The molecule has 10 heteroatoms. The molecule has 0 saturated heterocycles. The fourth-order valence-corrected chi connectivity index (χ4v) is 5.40. The molecule has 0 radical (unpaired) electrons. The van der Waals surface area contributed by atoms with Gasteiger partial charge in [-0.1, -0.05) is 41.9 Å². The average Bonchev–Trinajstić information content (AvgIpc) is 2.90. The summed E-state index contributed by atoms with van der Waals surface area (Å²) in [4.78, 5) is 27.6. The molecule has 0 spiro atoms. The number of nitrogens with zero attached hydrogens (tertiary/aromatic N) is 2. The monoisotopic (exact) mass is 543 g/mol. The van der Waals surface area contributed by atoms with Crippen LogP contribution in [0.2, 0.25) is 5.02 Å². The van der Waals surface area contributed by atoms with Crippen molar-refractivity contribution < 1.29 is 22.7 Å². The molecule has 1 N–H and O–H groups in total. The number of amides is 2. The highest BCUT2D eigenvalue weighted by molar-refractivity contribution is 7.92. The molecular formula is C27H30ClN3O5S. The largest absolute Gasteiger partial charge is 0.494 e. The van der Waals surface area contributed by atoms with Crippen LogP contribution < -0.4 is 14.4 Å². The average molecular weight is 544 g/mol. The van der Waals surface area contributed by atoms with Gasteiger partial charge in [0.1, 0.15) is 18.3 Å². The van der Waals surface area contributed by atoms with Crippen molar-refractivity contribution in [2.24, 2.45) is 0 Å². The standard InChI is InChI=1S/C27H30ClN3O5S/c1-4-36-24-15-13-23(14-16-24)31(37(34,35)25-11-6-5-7-12-25)19-26(32)30(20(2)27(33)29-3)18-21-9-8-10-22(28)17-21/h5-17,20H,4,18-19H2,1-3H3,(H,29,33)/t20-/m1/s1. The van der Waals surface area contributed by atoms with Crippen molar-refractivity contribution in [2.45, 2.75) is 31.3 Å². The van der Waals surface area contributed by atoms with Gasteiger partial charge in [-0.2, -0.15) is 0 Å². The number of carbonyl (C=O) groups excluding carboxylic acids is 2. The van der Waals surface area contributed by atoms with Crippen LogP contribution in [-0.4, -0.2) is 51.4 Å². The van der Waals surface area contributed by atoms with Gasteiger partial charge < -0.3 is 15.0 Å². The van der Waals surface area contributed by atoms with Gasteiger partial charge in [-0.3, -0.25) is 13.9 Å². The van der Waals surface area contributed by atoms with Gasteiger partial charge in [0.05, 0.1) is 17.2 Å². The van der Waals surface area contributed by atoms with E-state index in [9.17, 15) is 18.0 Å². The summed E-state index contributed by atoms with van der Waals surface area (Å²) in [6.07, 6.45) is 0. The smallest absolute Gasteiger partial charge is 0.264 e. The van der Waals surface area contributed by atoms with E-state index in [2.05, 4.69) is 5.32 Å². The molecule has 3 aromatic carbocycles. The Hall–Kier alpha value is -3.56. The molecule has 37 heavy (non-hydrogen) atoms. The third kappa shape index (κ3) is 7.02. The van der Waals surface area contributed by atoms with Gasteiger partial charge in [-0.05, 0) is 67.9 Å². The van der Waals surface area contributed by atoms with E-state index in [4.69, 9.17) is 16.3 Å². The summed E-state index contributed by atoms with van der Waals surface area (Å²) in [6.45, 7) is 3.44. The number of benzene rings is 3. The number of halogens is 1. The molecule has 0 saturated carbocycles. The van der Waals surface area contributed by atoms with Gasteiger partial charge in [0.2, 0.25) is 11.8 Å². The predicted molar refractivity (Wildman–Crippen MR) is 144 cm³/mol. The summed E-state index contributed by atoms with van der Waals surface area (Å²) in [5, 5.41) is 3.04. The SMILES string of the molecule is CCOc1ccc(N(CC(=O)N(Cc2cccc(Cl)c2)[C@H](C)C(=O)NC)S(=O)(=O)c2ccccc2)cc1. The second-order valence-electron chi connectivity index (χ2n) is 8.19. The number of likely N-dealkylation sites (N-methyl/N-ethyl adjacent to an activating group) is 1. The molecule has 0 heterocycles. The van der Waals surface area contributed by atoms with Gasteiger partial charge in [-0.25, -0.2) is 8.42 Å². The van der Waals surface area contributed by atoms with E-state index in [1.165, 1.54) is 24.1 Å². The summed E-state index contributed by atoms with van der Waals surface area (Å²) in [5.41, 5.74) is 0.992. The molecular weight excluding hydrogens is 514 g/mol. The van der Waals surface area contributed by atoms with Crippen molar-refractivity contribution in [3.8, 4) is 5.75 Å². The minimum absolute atomic E-state index is 0.0393. The summed E-state index contributed by atoms with van der Waals surface area (Å²) in [6, 6.07) is 20.4. The van der Waals surface area contributed by atoms with Crippen molar-refractivity contribution in [2.75, 3.05) is 24.5 Å². The molecule has 3 rings (SSSR count). The molecule has 2 amide bonds. The molecule has 3 aromatic rings. The Kier molecular flexibility index (Phi) is 9.54. The van der Waals surface area contributed by atoms with Crippen LogP contribution >= 0.6 is 11.6 Å². The van der Waals surface area contributed by atoms with Crippen molar-refractivity contribution in [1.82, 2.24) is 10.2 Å². The van der Waals surface area contributed by atoms with Crippen LogP contribution in [0.3, 0.4) is 0 Å². The first-order valence-electron chi connectivity index (χ1n) is 11.7. The van der Waals surface area contributed by atoms with Crippen LogP contribution in [0.15, 0.2) is 83.8 Å². The second-order valence-corrected chi connectivity index (χ2v) is 10.5. The number of hydrogen-bond acceptors (Lipinski definition) is 5. The molecule has 0 fully saturated rings. The van der Waals surface area contributed by atoms with E-state index in [1.807, 2.05) is 6.92 Å². The van der Waals surface area contributed by atoms with E-state index in [-0.39, 0.29) is 23.0 Å². The summed E-state index contributed by atoms with van der Waals surface area (Å²) >= 11 is 6.12. The molecule has 1 atom stereocenters. The summed E-state index contributed by atoms with van der Waals surface area (Å²) in [5.74, 6) is -0.358.